The molecule has 2 N–H and O–H groups in total. The second kappa shape index (κ2) is 6.39. The number of aromatic amines is 1. The van der Waals surface area contributed by atoms with E-state index in [1.165, 1.54) is 11.0 Å². The van der Waals surface area contributed by atoms with Gasteiger partial charge < -0.3 is 10.3 Å². The quantitative estimate of drug-likeness (QED) is 0.728. The van der Waals surface area contributed by atoms with Gasteiger partial charge in [0.25, 0.3) is 5.56 Å². The third-order valence-electron chi connectivity index (χ3n) is 4.96. The molecule has 1 aliphatic heterocycles. The molecule has 6 heteroatoms. The molecule has 0 bridgehead atoms. The first-order chi connectivity index (χ1) is 12.8. The summed E-state index contributed by atoms with van der Waals surface area (Å²) < 4.78 is 23.2. The number of sulfone groups is 1. The Kier molecular flexibility index (Phi) is 4.15. The Morgan fingerprint density at radius 1 is 1.07 bits per heavy atom. The minimum absolute atomic E-state index is 0.00200. The van der Waals surface area contributed by atoms with Crippen molar-refractivity contribution in [2.24, 2.45) is 0 Å². The standard InChI is InChI=1S/C21H20N2O3S/c1-13-6-7-15(10-14(13)2)19-11-16-4-3-5-18(20(16)21(24)23-19)22-17-8-9-27(25,26)12-17/h3-11,17,22H,12H2,1-2H3,(H,23,24)/t17-/m1/s1. The van der Waals surface area contributed by atoms with Crippen molar-refractivity contribution < 1.29 is 8.42 Å². The van der Waals surface area contributed by atoms with E-state index in [2.05, 4.69) is 23.3 Å². The number of aryl methyl sites for hydroxylation is 2. The van der Waals surface area contributed by atoms with Gasteiger partial charge in [0.15, 0.2) is 9.84 Å². The fourth-order valence-corrected chi connectivity index (χ4v) is 4.61. The first-order valence-corrected chi connectivity index (χ1v) is 10.5. The fraction of sp³-hybridized carbons (Fsp3) is 0.190. The molecule has 4 rings (SSSR count). The molecule has 0 fully saturated rings. The number of H-pyrrole nitrogens is 1. The van der Waals surface area contributed by atoms with Crippen molar-refractivity contribution >= 4 is 26.3 Å². The fourth-order valence-electron chi connectivity index (χ4n) is 3.37. The summed E-state index contributed by atoms with van der Waals surface area (Å²) in [6, 6.07) is 13.3. The van der Waals surface area contributed by atoms with E-state index in [-0.39, 0.29) is 17.4 Å². The highest BCUT2D eigenvalue weighted by atomic mass is 32.2. The van der Waals surface area contributed by atoms with Gasteiger partial charge in [-0.1, -0.05) is 30.3 Å². The molecule has 27 heavy (non-hydrogen) atoms. The number of pyridine rings is 1. The highest BCUT2D eigenvalue weighted by Gasteiger charge is 2.22. The normalized spacial score (nSPS) is 18.1. The van der Waals surface area contributed by atoms with E-state index < -0.39 is 9.84 Å². The summed E-state index contributed by atoms with van der Waals surface area (Å²) in [5.74, 6) is 0.00200. The van der Waals surface area contributed by atoms with E-state index in [1.54, 1.807) is 12.1 Å². The first-order valence-electron chi connectivity index (χ1n) is 8.73. The average molecular weight is 380 g/mol. The van der Waals surface area contributed by atoms with Gasteiger partial charge in [-0.15, -0.1) is 0 Å². The van der Waals surface area contributed by atoms with Crippen LogP contribution in [0.15, 0.2) is 58.7 Å². The van der Waals surface area contributed by atoms with Crippen LogP contribution in [0, 0.1) is 13.8 Å². The van der Waals surface area contributed by atoms with E-state index >= 15 is 0 Å². The number of rotatable bonds is 3. The van der Waals surface area contributed by atoms with Crippen molar-refractivity contribution in [1.82, 2.24) is 4.98 Å². The van der Waals surface area contributed by atoms with Crippen LogP contribution in [0.5, 0.6) is 0 Å². The molecule has 1 aliphatic rings. The zero-order valence-corrected chi connectivity index (χ0v) is 15.9. The molecule has 0 saturated carbocycles. The molecule has 0 spiro atoms. The van der Waals surface area contributed by atoms with Crippen LogP contribution in [0.1, 0.15) is 11.1 Å². The van der Waals surface area contributed by atoms with Gasteiger partial charge in [0, 0.05) is 16.8 Å². The van der Waals surface area contributed by atoms with Gasteiger partial charge in [-0.3, -0.25) is 4.79 Å². The van der Waals surface area contributed by atoms with Gasteiger partial charge in [-0.2, -0.15) is 0 Å². The van der Waals surface area contributed by atoms with Gasteiger partial charge in [0.1, 0.15) is 0 Å². The first kappa shape index (κ1) is 17.5. The predicted octanol–water partition coefficient (Wildman–Crippen LogP) is 3.53. The molecule has 0 amide bonds. The molecule has 0 saturated heterocycles. The molecule has 3 aromatic rings. The number of nitrogens with one attached hydrogen (secondary N) is 2. The summed E-state index contributed by atoms with van der Waals surface area (Å²) in [5.41, 5.74) is 4.52. The zero-order chi connectivity index (χ0) is 19.2. The number of benzene rings is 2. The lowest BCUT2D eigenvalue weighted by Crippen LogP contribution is -2.22. The number of hydrogen-bond donors (Lipinski definition) is 2. The van der Waals surface area contributed by atoms with Crippen LogP contribution >= 0.6 is 0 Å². The highest BCUT2D eigenvalue weighted by molar-refractivity contribution is 7.94. The number of anilines is 1. The van der Waals surface area contributed by atoms with Crippen molar-refractivity contribution in [1.29, 1.82) is 0 Å². The Morgan fingerprint density at radius 3 is 2.59 bits per heavy atom. The predicted molar refractivity (Wildman–Crippen MR) is 110 cm³/mol. The van der Waals surface area contributed by atoms with Crippen LogP contribution < -0.4 is 10.9 Å². The van der Waals surface area contributed by atoms with Gasteiger partial charge in [0.2, 0.25) is 0 Å². The summed E-state index contributed by atoms with van der Waals surface area (Å²) in [6.45, 7) is 4.10. The van der Waals surface area contributed by atoms with E-state index in [9.17, 15) is 13.2 Å². The average Bonchev–Trinajstić information content (AvgIpc) is 2.95. The Morgan fingerprint density at radius 2 is 1.89 bits per heavy atom. The summed E-state index contributed by atoms with van der Waals surface area (Å²) in [5, 5.41) is 5.73. The monoisotopic (exact) mass is 380 g/mol. The molecule has 138 valence electrons. The van der Waals surface area contributed by atoms with E-state index in [4.69, 9.17) is 0 Å². The summed E-state index contributed by atoms with van der Waals surface area (Å²) >= 11 is 0. The number of hydrogen-bond acceptors (Lipinski definition) is 4. The maximum Gasteiger partial charge on any atom is 0.258 e. The second-order valence-corrected chi connectivity index (χ2v) is 8.92. The van der Waals surface area contributed by atoms with Crippen LogP contribution in [-0.4, -0.2) is 25.2 Å². The molecule has 2 heterocycles. The SMILES string of the molecule is Cc1ccc(-c2cc3cccc(N[C@@H]4C=CS(=O)(=O)C4)c3c(=O)[nH]2)cc1C. The maximum absolute atomic E-state index is 12.8. The minimum atomic E-state index is -3.16. The Hall–Kier alpha value is -2.86. The van der Waals surface area contributed by atoms with Gasteiger partial charge in [-0.05, 0) is 54.1 Å². The lowest BCUT2D eigenvalue weighted by molar-refractivity contribution is 0.605. The van der Waals surface area contributed by atoms with Crippen LogP contribution in [-0.2, 0) is 9.84 Å². The summed E-state index contributed by atoms with van der Waals surface area (Å²) in [6.07, 6.45) is 1.62. The van der Waals surface area contributed by atoms with Crippen molar-refractivity contribution in [2.45, 2.75) is 19.9 Å². The summed E-state index contributed by atoms with van der Waals surface area (Å²) in [4.78, 5) is 15.8. The van der Waals surface area contributed by atoms with E-state index in [0.29, 0.717) is 11.1 Å². The van der Waals surface area contributed by atoms with Crippen LogP contribution in [0.4, 0.5) is 5.69 Å². The molecule has 2 aromatic carbocycles. The van der Waals surface area contributed by atoms with Crippen molar-refractivity contribution in [2.75, 3.05) is 11.1 Å². The molecule has 0 radical (unpaired) electrons. The van der Waals surface area contributed by atoms with E-state index in [1.807, 2.05) is 37.3 Å². The van der Waals surface area contributed by atoms with Crippen molar-refractivity contribution in [3.05, 3.63) is 75.4 Å². The lowest BCUT2D eigenvalue weighted by Gasteiger charge is -2.14. The molecule has 0 unspecified atom stereocenters. The topological polar surface area (TPSA) is 79.0 Å². The van der Waals surface area contributed by atoms with Gasteiger partial charge in [0.05, 0.1) is 17.2 Å². The largest absolute Gasteiger partial charge is 0.377 e. The van der Waals surface area contributed by atoms with Crippen molar-refractivity contribution in [3.63, 3.8) is 0 Å². The van der Waals surface area contributed by atoms with E-state index in [0.717, 1.165) is 22.2 Å². The molecule has 5 nitrogen and oxygen atoms in total. The lowest BCUT2D eigenvalue weighted by atomic mass is 10.0. The van der Waals surface area contributed by atoms with Crippen LogP contribution in [0.2, 0.25) is 0 Å². The molecular formula is C21H20N2O3S. The molecule has 1 atom stereocenters. The Balaban J connectivity index is 1.77. The zero-order valence-electron chi connectivity index (χ0n) is 15.1. The number of fused-ring (bicyclic) bond motifs is 1. The smallest absolute Gasteiger partial charge is 0.258 e. The maximum atomic E-state index is 12.8. The van der Waals surface area contributed by atoms with Crippen molar-refractivity contribution in [3.8, 4) is 11.3 Å². The second-order valence-electron chi connectivity index (χ2n) is 6.99. The summed E-state index contributed by atoms with van der Waals surface area (Å²) in [7, 11) is -3.16. The van der Waals surface area contributed by atoms with Gasteiger partial charge in [-0.25, -0.2) is 8.42 Å². The Bertz CT molecular complexity index is 1240. The minimum Gasteiger partial charge on any atom is -0.377 e. The number of aromatic nitrogens is 1. The molecular weight excluding hydrogens is 360 g/mol. The molecule has 0 aliphatic carbocycles. The Labute approximate surface area is 157 Å². The van der Waals surface area contributed by atoms with Crippen LogP contribution in [0.3, 0.4) is 0 Å². The highest BCUT2D eigenvalue weighted by Crippen LogP contribution is 2.26. The van der Waals surface area contributed by atoms with Gasteiger partial charge >= 0.3 is 0 Å². The van der Waals surface area contributed by atoms with Crippen LogP contribution in [0.25, 0.3) is 22.0 Å². The molecule has 1 aromatic heterocycles. The third kappa shape index (κ3) is 3.40. The third-order valence-corrected chi connectivity index (χ3v) is 6.36.